The molecule has 1 aliphatic heterocycles. The van der Waals surface area contributed by atoms with Gasteiger partial charge in [-0.05, 0) is 26.0 Å². The van der Waals surface area contributed by atoms with Gasteiger partial charge < -0.3 is 15.7 Å². The molecule has 21 heavy (non-hydrogen) atoms. The van der Waals surface area contributed by atoms with E-state index in [0.29, 0.717) is 11.4 Å². The zero-order chi connectivity index (χ0) is 15.6. The molecule has 2 rings (SSSR count). The average Bonchev–Trinajstić information content (AvgIpc) is 2.45. The predicted molar refractivity (Wildman–Crippen MR) is 77.2 cm³/mol. The molecule has 7 nitrogen and oxygen atoms in total. The number of hydrogen-bond acceptors (Lipinski definition) is 3. The van der Waals surface area contributed by atoms with E-state index in [2.05, 4.69) is 10.6 Å². The summed E-state index contributed by atoms with van der Waals surface area (Å²) in [4.78, 5) is 36.2. The molecule has 0 saturated heterocycles. The summed E-state index contributed by atoms with van der Waals surface area (Å²) in [5.41, 5.74) is 1.15. The standard InChI is InChI=1S/C14H17N3O4/c1-8(13(19)20)9(2)15-14(21)17-7-12(18)16-10-5-3-4-6-11(10)17/h3-6,8-9H,7H2,1-2H3,(H,15,21)(H,16,18)(H,19,20). The largest absolute Gasteiger partial charge is 0.481 e. The molecule has 0 spiro atoms. The van der Waals surface area contributed by atoms with Gasteiger partial charge in [0.2, 0.25) is 5.91 Å². The molecule has 7 heteroatoms. The molecule has 1 aromatic rings. The van der Waals surface area contributed by atoms with Crippen LogP contribution in [0.4, 0.5) is 16.2 Å². The molecule has 1 aromatic carbocycles. The Bertz CT molecular complexity index is 587. The Morgan fingerprint density at radius 2 is 2.00 bits per heavy atom. The number of anilines is 2. The van der Waals surface area contributed by atoms with Crippen LogP contribution >= 0.6 is 0 Å². The van der Waals surface area contributed by atoms with Crippen LogP contribution in [-0.4, -0.2) is 35.6 Å². The second-order valence-electron chi connectivity index (χ2n) is 5.02. The monoisotopic (exact) mass is 291 g/mol. The van der Waals surface area contributed by atoms with E-state index in [0.717, 1.165) is 0 Å². The van der Waals surface area contributed by atoms with Crippen molar-refractivity contribution < 1.29 is 19.5 Å². The molecule has 0 aromatic heterocycles. The second-order valence-corrected chi connectivity index (χ2v) is 5.02. The Kier molecular flexibility index (Phi) is 4.11. The Balaban J connectivity index is 2.16. The number of nitrogens with one attached hydrogen (secondary N) is 2. The van der Waals surface area contributed by atoms with Crippen molar-refractivity contribution in [2.24, 2.45) is 5.92 Å². The molecule has 2 atom stereocenters. The summed E-state index contributed by atoms with van der Waals surface area (Å²) in [6.45, 7) is 3.04. The normalized spacial score (nSPS) is 16.5. The third-order valence-corrected chi connectivity index (χ3v) is 3.51. The number of carbonyl (C=O) groups is 3. The van der Waals surface area contributed by atoms with Gasteiger partial charge in [0.1, 0.15) is 6.54 Å². The van der Waals surface area contributed by atoms with Gasteiger partial charge in [-0.15, -0.1) is 0 Å². The number of hydrogen-bond donors (Lipinski definition) is 3. The number of amides is 3. The van der Waals surface area contributed by atoms with Gasteiger partial charge in [0.25, 0.3) is 0 Å². The highest BCUT2D eigenvalue weighted by Crippen LogP contribution is 2.28. The highest BCUT2D eigenvalue weighted by atomic mass is 16.4. The van der Waals surface area contributed by atoms with Crippen molar-refractivity contribution in [3.8, 4) is 0 Å². The Labute approximate surface area is 121 Å². The second kappa shape index (κ2) is 5.82. The van der Waals surface area contributed by atoms with E-state index in [1.165, 1.54) is 11.8 Å². The first-order valence-electron chi connectivity index (χ1n) is 6.60. The van der Waals surface area contributed by atoms with Gasteiger partial charge in [0.15, 0.2) is 0 Å². The van der Waals surface area contributed by atoms with Crippen LogP contribution in [0.5, 0.6) is 0 Å². The first-order chi connectivity index (χ1) is 9.90. The van der Waals surface area contributed by atoms with E-state index in [1.54, 1.807) is 31.2 Å². The van der Waals surface area contributed by atoms with E-state index < -0.39 is 24.0 Å². The lowest BCUT2D eigenvalue weighted by molar-refractivity contribution is -0.141. The molecule has 0 aliphatic carbocycles. The number of rotatable bonds is 3. The summed E-state index contributed by atoms with van der Waals surface area (Å²) < 4.78 is 0. The van der Waals surface area contributed by atoms with Crippen molar-refractivity contribution in [2.75, 3.05) is 16.8 Å². The van der Waals surface area contributed by atoms with Crippen molar-refractivity contribution >= 4 is 29.3 Å². The van der Waals surface area contributed by atoms with Crippen LogP contribution in [0.15, 0.2) is 24.3 Å². The summed E-state index contributed by atoms with van der Waals surface area (Å²) in [5.74, 6) is -2.00. The summed E-state index contributed by atoms with van der Waals surface area (Å²) in [5, 5.41) is 14.2. The molecule has 0 bridgehead atoms. The number of urea groups is 1. The smallest absolute Gasteiger partial charge is 0.322 e. The van der Waals surface area contributed by atoms with Gasteiger partial charge in [-0.3, -0.25) is 14.5 Å². The maximum absolute atomic E-state index is 12.3. The van der Waals surface area contributed by atoms with Gasteiger partial charge in [0.05, 0.1) is 17.3 Å². The van der Waals surface area contributed by atoms with Crippen LogP contribution in [0.1, 0.15) is 13.8 Å². The summed E-state index contributed by atoms with van der Waals surface area (Å²) in [6.07, 6.45) is 0. The third kappa shape index (κ3) is 3.13. The topological polar surface area (TPSA) is 98.7 Å². The summed E-state index contributed by atoms with van der Waals surface area (Å²) >= 11 is 0. The minimum Gasteiger partial charge on any atom is -0.481 e. The van der Waals surface area contributed by atoms with Crippen LogP contribution in [0.3, 0.4) is 0 Å². The van der Waals surface area contributed by atoms with Crippen molar-refractivity contribution in [2.45, 2.75) is 19.9 Å². The fourth-order valence-corrected chi connectivity index (χ4v) is 2.03. The maximum Gasteiger partial charge on any atom is 0.322 e. The number of carboxylic acid groups (broad SMARTS) is 1. The van der Waals surface area contributed by atoms with Gasteiger partial charge in [0, 0.05) is 6.04 Å². The number of fused-ring (bicyclic) bond motifs is 1. The fraction of sp³-hybridized carbons (Fsp3) is 0.357. The van der Waals surface area contributed by atoms with E-state index >= 15 is 0 Å². The van der Waals surface area contributed by atoms with E-state index in [4.69, 9.17) is 5.11 Å². The highest BCUT2D eigenvalue weighted by Gasteiger charge is 2.29. The molecular weight excluding hydrogens is 274 g/mol. The van der Waals surface area contributed by atoms with Crippen molar-refractivity contribution in [3.05, 3.63) is 24.3 Å². The van der Waals surface area contributed by atoms with Gasteiger partial charge in [-0.1, -0.05) is 12.1 Å². The highest BCUT2D eigenvalue weighted by molar-refractivity contribution is 6.09. The number of aliphatic carboxylic acids is 1. The summed E-state index contributed by atoms with van der Waals surface area (Å²) in [6, 6.07) is 5.91. The Morgan fingerprint density at radius 3 is 2.67 bits per heavy atom. The average molecular weight is 291 g/mol. The minimum atomic E-state index is -0.986. The van der Waals surface area contributed by atoms with Crippen LogP contribution in [0, 0.1) is 5.92 Å². The SMILES string of the molecule is CC(NC(=O)N1CC(=O)Nc2ccccc21)C(C)C(=O)O. The van der Waals surface area contributed by atoms with E-state index in [1.807, 2.05) is 0 Å². The predicted octanol–water partition coefficient (Wildman–Crippen LogP) is 1.26. The van der Waals surface area contributed by atoms with Gasteiger partial charge in [-0.2, -0.15) is 0 Å². The molecule has 0 fully saturated rings. The first kappa shape index (κ1) is 14.8. The lowest BCUT2D eigenvalue weighted by Gasteiger charge is -2.30. The number of carbonyl (C=O) groups excluding carboxylic acids is 2. The summed E-state index contributed by atoms with van der Waals surface area (Å²) in [7, 11) is 0. The lowest BCUT2D eigenvalue weighted by atomic mass is 10.0. The fourth-order valence-electron chi connectivity index (χ4n) is 2.03. The number of nitrogens with zero attached hydrogens (tertiary/aromatic N) is 1. The zero-order valence-corrected chi connectivity index (χ0v) is 11.8. The van der Waals surface area contributed by atoms with Crippen LogP contribution in [-0.2, 0) is 9.59 Å². The van der Waals surface area contributed by atoms with Crippen molar-refractivity contribution in [3.63, 3.8) is 0 Å². The Morgan fingerprint density at radius 1 is 1.33 bits per heavy atom. The van der Waals surface area contributed by atoms with E-state index in [9.17, 15) is 14.4 Å². The van der Waals surface area contributed by atoms with E-state index in [-0.39, 0.29) is 12.5 Å². The van der Waals surface area contributed by atoms with Gasteiger partial charge in [-0.25, -0.2) is 4.79 Å². The number of benzene rings is 1. The molecule has 1 heterocycles. The molecule has 3 N–H and O–H groups in total. The molecule has 1 aliphatic rings. The zero-order valence-electron chi connectivity index (χ0n) is 11.8. The number of carboxylic acids is 1. The molecular formula is C14H17N3O4. The molecule has 112 valence electrons. The number of para-hydroxylation sites is 2. The van der Waals surface area contributed by atoms with Crippen LogP contribution < -0.4 is 15.5 Å². The minimum absolute atomic E-state index is 0.100. The molecule has 3 amide bonds. The quantitative estimate of drug-likeness (QED) is 0.780. The first-order valence-corrected chi connectivity index (χ1v) is 6.60. The Hall–Kier alpha value is -2.57. The van der Waals surface area contributed by atoms with Crippen molar-refractivity contribution in [1.29, 1.82) is 0 Å². The van der Waals surface area contributed by atoms with Crippen LogP contribution in [0.2, 0.25) is 0 Å². The van der Waals surface area contributed by atoms with Gasteiger partial charge >= 0.3 is 12.0 Å². The lowest BCUT2D eigenvalue weighted by Crippen LogP contribution is -2.51. The molecule has 0 radical (unpaired) electrons. The third-order valence-electron chi connectivity index (χ3n) is 3.51. The van der Waals surface area contributed by atoms with Crippen molar-refractivity contribution in [1.82, 2.24) is 5.32 Å². The van der Waals surface area contributed by atoms with Crippen LogP contribution in [0.25, 0.3) is 0 Å². The maximum atomic E-state index is 12.3. The molecule has 0 saturated carbocycles. The molecule has 2 unspecified atom stereocenters.